The van der Waals surface area contributed by atoms with Crippen LogP contribution in [-0.4, -0.2) is 72.6 Å². The Bertz CT molecular complexity index is 984. The third-order valence-corrected chi connectivity index (χ3v) is 6.47. The van der Waals surface area contributed by atoms with E-state index < -0.39 is 0 Å². The van der Waals surface area contributed by atoms with Crippen molar-refractivity contribution >= 4 is 17.5 Å². The molecule has 1 aliphatic rings. The topological polar surface area (TPSA) is 84.0 Å². The number of pyridine rings is 1. The number of likely N-dealkylation sites (N-methyl/N-ethyl adjacent to an activating group) is 1. The zero-order chi connectivity index (χ0) is 25.4. The minimum absolute atomic E-state index is 0.0575. The summed E-state index contributed by atoms with van der Waals surface area (Å²) in [5.41, 5.74) is 2.26. The molecule has 2 heterocycles. The van der Waals surface area contributed by atoms with Gasteiger partial charge in [0, 0.05) is 70.4 Å². The van der Waals surface area contributed by atoms with Gasteiger partial charge in [0.1, 0.15) is 12.4 Å². The van der Waals surface area contributed by atoms with Crippen LogP contribution in [0.1, 0.15) is 49.5 Å². The maximum atomic E-state index is 13.3. The highest BCUT2D eigenvalue weighted by Crippen LogP contribution is 2.27. The molecule has 0 saturated carbocycles. The van der Waals surface area contributed by atoms with Gasteiger partial charge in [0.2, 0.25) is 5.91 Å². The van der Waals surface area contributed by atoms with Gasteiger partial charge in [-0.25, -0.2) is 0 Å². The number of carbonyl (C=O) groups is 2. The first-order valence-corrected chi connectivity index (χ1v) is 12.3. The van der Waals surface area contributed by atoms with Gasteiger partial charge in [-0.1, -0.05) is 13.8 Å². The summed E-state index contributed by atoms with van der Waals surface area (Å²) in [4.78, 5) is 33.6. The molecule has 1 aromatic carbocycles. The van der Waals surface area contributed by atoms with Gasteiger partial charge < -0.3 is 19.7 Å². The predicted octanol–water partition coefficient (Wildman–Crippen LogP) is 3.83. The average Bonchev–Trinajstić information content (AvgIpc) is 2.85. The third-order valence-electron chi connectivity index (χ3n) is 6.47. The number of benzene rings is 1. The summed E-state index contributed by atoms with van der Waals surface area (Å²) in [6.45, 7) is 8.64. The molecule has 1 aromatic heterocycles. The number of hydrogen-bond donors (Lipinski definition) is 1. The van der Waals surface area contributed by atoms with Crippen molar-refractivity contribution in [2.24, 2.45) is 5.92 Å². The van der Waals surface area contributed by atoms with Crippen molar-refractivity contribution in [1.82, 2.24) is 14.8 Å². The molecule has 0 radical (unpaired) electrons. The Morgan fingerprint density at radius 2 is 1.94 bits per heavy atom. The lowest BCUT2D eigenvalue weighted by atomic mass is 10.0. The largest absolute Gasteiger partial charge is 0.491 e. The quantitative estimate of drug-likeness (QED) is 0.674. The van der Waals surface area contributed by atoms with Crippen LogP contribution in [0.5, 0.6) is 5.75 Å². The van der Waals surface area contributed by atoms with E-state index in [4.69, 9.17) is 9.47 Å². The number of methoxy groups -OCH3 is 1. The van der Waals surface area contributed by atoms with Gasteiger partial charge in [-0.2, -0.15) is 0 Å². The molecule has 0 aliphatic carbocycles. The van der Waals surface area contributed by atoms with Crippen molar-refractivity contribution in [1.29, 1.82) is 0 Å². The van der Waals surface area contributed by atoms with Crippen LogP contribution < -0.4 is 10.1 Å². The van der Waals surface area contributed by atoms with Crippen LogP contribution >= 0.6 is 0 Å². The molecule has 190 valence electrons. The van der Waals surface area contributed by atoms with Crippen molar-refractivity contribution in [3.8, 4) is 5.75 Å². The van der Waals surface area contributed by atoms with Crippen LogP contribution in [0.2, 0.25) is 0 Å². The van der Waals surface area contributed by atoms with E-state index in [1.165, 1.54) is 5.56 Å². The zero-order valence-corrected chi connectivity index (χ0v) is 21.5. The van der Waals surface area contributed by atoms with E-state index in [9.17, 15) is 9.59 Å². The first kappa shape index (κ1) is 26.6. The Morgan fingerprint density at radius 1 is 1.20 bits per heavy atom. The van der Waals surface area contributed by atoms with Gasteiger partial charge in [0.15, 0.2) is 0 Å². The Labute approximate surface area is 208 Å². The van der Waals surface area contributed by atoms with Gasteiger partial charge >= 0.3 is 0 Å². The molecule has 1 aliphatic heterocycles. The van der Waals surface area contributed by atoms with E-state index in [-0.39, 0.29) is 29.9 Å². The maximum absolute atomic E-state index is 13.3. The fourth-order valence-electron chi connectivity index (χ4n) is 4.32. The minimum atomic E-state index is -0.137. The number of nitrogens with zero attached hydrogens (tertiary/aromatic N) is 3. The van der Waals surface area contributed by atoms with Crippen molar-refractivity contribution in [2.75, 3.05) is 39.2 Å². The van der Waals surface area contributed by atoms with Crippen LogP contribution in [0.15, 0.2) is 42.7 Å². The number of ether oxygens (including phenoxy) is 2. The zero-order valence-electron chi connectivity index (χ0n) is 21.5. The van der Waals surface area contributed by atoms with Crippen LogP contribution in [0.3, 0.4) is 0 Å². The molecule has 8 nitrogen and oxygen atoms in total. The summed E-state index contributed by atoms with van der Waals surface area (Å²) in [7, 11) is 3.48. The number of amides is 2. The molecule has 0 unspecified atom stereocenters. The standard InChI is InChI=1S/C27H38N4O4/c1-6-7-26(32)29-22-8-9-23-24(14-22)35-18-20(3)31(16-21-10-12-28-13-11-21)15-19(2)25(34-5)17-30(4)27(23)33/h8-14,19-20,25H,6-7,15-18H2,1-5H3,(H,29,32)/t19-,20+,25-/m0/s1. The van der Waals surface area contributed by atoms with Gasteiger partial charge in [-0.15, -0.1) is 0 Å². The van der Waals surface area contributed by atoms with Crippen LogP contribution in [0.25, 0.3) is 0 Å². The fourth-order valence-corrected chi connectivity index (χ4v) is 4.32. The third kappa shape index (κ3) is 7.26. The minimum Gasteiger partial charge on any atom is -0.491 e. The van der Waals surface area contributed by atoms with E-state index in [0.717, 1.165) is 19.5 Å². The van der Waals surface area contributed by atoms with E-state index in [1.807, 2.05) is 19.1 Å². The molecule has 3 atom stereocenters. The van der Waals surface area contributed by atoms with E-state index >= 15 is 0 Å². The summed E-state index contributed by atoms with van der Waals surface area (Å²) in [6, 6.07) is 9.34. The smallest absolute Gasteiger partial charge is 0.257 e. The second-order valence-corrected chi connectivity index (χ2v) is 9.39. The molecule has 1 N–H and O–H groups in total. The monoisotopic (exact) mass is 482 g/mol. The molecule has 2 amide bonds. The normalized spacial score (nSPS) is 21.9. The molecule has 3 rings (SSSR count). The predicted molar refractivity (Wildman–Crippen MR) is 137 cm³/mol. The number of carbonyl (C=O) groups excluding carboxylic acids is 2. The highest BCUT2D eigenvalue weighted by molar-refractivity contribution is 5.98. The maximum Gasteiger partial charge on any atom is 0.257 e. The summed E-state index contributed by atoms with van der Waals surface area (Å²) < 4.78 is 12.1. The lowest BCUT2D eigenvalue weighted by molar-refractivity contribution is -0.116. The molecule has 0 spiro atoms. The van der Waals surface area contributed by atoms with E-state index in [2.05, 4.69) is 29.0 Å². The number of fused-ring (bicyclic) bond motifs is 1. The number of hydrogen-bond acceptors (Lipinski definition) is 6. The molecule has 35 heavy (non-hydrogen) atoms. The molecule has 0 fully saturated rings. The van der Waals surface area contributed by atoms with Crippen molar-refractivity contribution < 1.29 is 19.1 Å². The first-order valence-electron chi connectivity index (χ1n) is 12.3. The second kappa shape index (κ2) is 12.7. The van der Waals surface area contributed by atoms with Crippen LogP contribution in [0.4, 0.5) is 5.69 Å². The summed E-state index contributed by atoms with van der Waals surface area (Å²) in [6.07, 6.45) is 4.70. The van der Waals surface area contributed by atoms with Crippen molar-refractivity contribution in [3.63, 3.8) is 0 Å². The Kier molecular flexibility index (Phi) is 9.63. The van der Waals surface area contributed by atoms with Crippen molar-refractivity contribution in [2.45, 2.75) is 52.3 Å². The number of rotatable bonds is 6. The Morgan fingerprint density at radius 3 is 2.63 bits per heavy atom. The molecule has 0 saturated heterocycles. The molecular formula is C27H38N4O4. The number of anilines is 1. The summed E-state index contributed by atoms with van der Waals surface area (Å²) >= 11 is 0. The molecule has 8 heteroatoms. The lowest BCUT2D eigenvalue weighted by Gasteiger charge is -2.36. The Hall–Kier alpha value is -2.97. The van der Waals surface area contributed by atoms with Gasteiger partial charge in [-0.3, -0.25) is 19.5 Å². The van der Waals surface area contributed by atoms with Crippen molar-refractivity contribution in [3.05, 3.63) is 53.9 Å². The molecule has 0 bridgehead atoms. The first-order chi connectivity index (χ1) is 16.8. The number of aromatic nitrogens is 1. The second-order valence-electron chi connectivity index (χ2n) is 9.39. The van der Waals surface area contributed by atoms with Crippen LogP contribution in [-0.2, 0) is 16.1 Å². The molecular weight excluding hydrogens is 444 g/mol. The van der Waals surface area contributed by atoms with E-state index in [1.54, 1.807) is 49.7 Å². The van der Waals surface area contributed by atoms with Crippen LogP contribution in [0, 0.1) is 5.92 Å². The van der Waals surface area contributed by atoms with Gasteiger partial charge in [0.05, 0.1) is 11.7 Å². The summed E-state index contributed by atoms with van der Waals surface area (Å²) in [5.74, 6) is 0.462. The highest BCUT2D eigenvalue weighted by atomic mass is 16.5. The lowest BCUT2D eigenvalue weighted by Crippen LogP contribution is -2.46. The molecule has 2 aromatic rings. The number of nitrogens with one attached hydrogen (secondary N) is 1. The SMILES string of the molecule is CCCC(=O)Nc1ccc2c(c1)OC[C@@H](C)N(Cc1ccncc1)C[C@H](C)[C@@H](OC)CN(C)C2=O. The fraction of sp³-hybridized carbons (Fsp3) is 0.519. The van der Waals surface area contributed by atoms with Gasteiger partial charge in [0.25, 0.3) is 5.91 Å². The average molecular weight is 483 g/mol. The van der Waals surface area contributed by atoms with Gasteiger partial charge in [-0.05, 0) is 49.1 Å². The summed E-state index contributed by atoms with van der Waals surface area (Å²) in [5, 5.41) is 2.90. The Balaban J connectivity index is 1.92. The highest BCUT2D eigenvalue weighted by Gasteiger charge is 2.28. The van der Waals surface area contributed by atoms with E-state index in [0.29, 0.717) is 36.6 Å².